The van der Waals surface area contributed by atoms with Crippen LogP contribution < -0.4 is 5.32 Å². The summed E-state index contributed by atoms with van der Waals surface area (Å²) in [6.07, 6.45) is 6.41. The summed E-state index contributed by atoms with van der Waals surface area (Å²) in [5.74, 6) is 0. The molecule has 1 heterocycles. The molecule has 2 atom stereocenters. The van der Waals surface area contributed by atoms with E-state index in [0.29, 0.717) is 11.3 Å². The fraction of sp³-hybridized carbons (Fsp3) is 0.846. The second-order valence-electron chi connectivity index (χ2n) is 5.70. The Morgan fingerprint density at radius 3 is 3.05 bits per heavy atom. The number of tetrazole rings is 1. The zero-order valence-electron chi connectivity index (χ0n) is 11.7. The third kappa shape index (κ3) is 2.81. The minimum Gasteiger partial charge on any atom is -0.300 e. The summed E-state index contributed by atoms with van der Waals surface area (Å²) in [6, 6.07) is 3.00. The van der Waals surface area contributed by atoms with E-state index in [2.05, 4.69) is 33.8 Å². The van der Waals surface area contributed by atoms with Gasteiger partial charge in [0.2, 0.25) is 5.16 Å². The van der Waals surface area contributed by atoms with Gasteiger partial charge in [-0.05, 0) is 55.5 Å². The number of nitriles is 1. The molecule has 2 aliphatic rings. The molecule has 2 fully saturated rings. The van der Waals surface area contributed by atoms with Gasteiger partial charge in [-0.1, -0.05) is 18.7 Å². The maximum Gasteiger partial charge on any atom is 0.209 e. The van der Waals surface area contributed by atoms with E-state index in [1.54, 1.807) is 11.8 Å². The zero-order valence-corrected chi connectivity index (χ0v) is 12.6. The van der Waals surface area contributed by atoms with Crippen LogP contribution >= 0.6 is 11.8 Å². The number of hydrogen-bond donors (Lipinski definition) is 1. The maximum atomic E-state index is 9.50. The van der Waals surface area contributed by atoms with Crippen LogP contribution in [-0.2, 0) is 0 Å². The minimum atomic E-state index is -0.359. The van der Waals surface area contributed by atoms with Crippen LogP contribution in [0.15, 0.2) is 5.16 Å². The van der Waals surface area contributed by atoms with Crippen molar-refractivity contribution < 1.29 is 0 Å². The Labute approximate surface area is 123 Å². The molecule has 1 aromatic rings. The first-order valence-electron chi connectivity index (χ1n) is 7.37. The van der Waals surface area contributed by atoms with E-state index >= 15 is 0 Å². The van der Waals surface area contributed by atoms with Crippen molar-refractivity contribution in [3.63, 3.8) is 0 Å². The predicted molar refractivity (Wildman–Crippen MR) is 76.2 cm³/mol. The fourth-order valence-electron chi connectivity index (χ4n) is 2.93. The number of nitrogens with zero attached hydrogens (tertiary/aromatic N) is 5. The van der Waals surface area contributed by atoms with E-state index in [9.17, 15) is 5.26 Å². The third-order valence-corrected chi connectivity index (χ3v) is 5.28. The average Bonchev–Trinajstić information content (AvgIpc) is 3.20. The van der Waals surface area contributed by atoms with Crippen molar-refractivity contribution >= 4 is 11.8 Å². The number of aromatic nitrogens is 4. The highest BCUT2D eigenvalue weighted by Crippen LogP contribution is 2.41. The molecular weight excluding hydrogens is 272 g/mol. The van der Waals surface area contributed by atoms with E-state index in [1.165, 1.54) is 12.8 Å². The molecule has 3 rings (SSSR count). The normalized spacial score (nSPS) is 30.1. The van der Waals surface area contributed by atoms with Gasteiger partial charge in [0.05, 0.1) is 12.1 Å². The Balaban J connectivity index is 1.68. The lowest BCUT2D eigenvalue weighted by atomic mass is 9.82. The molecular formula is C13H20N6S. The molecule has 0 amide bonds. The molecule has 108 valence electrons. The van der Waals surface area contributed by atoms with E-state index in [4.69, 9.17) is 0 Å². The quantitative estimate of drug-likeness (QED) is 0.893. The van der Waals surface area contributed by atoms with Gasteiger partial charge in [0.1, 0.15) is 5.54 Å². The molecule has 2 aliphatic carbocycles. The first kappa shape index (κ1) is 13.8. The SMILES string of the molecule is CCNC1(C#N)CCCC(Sc2nnnn2C2CC2)C1. The van der Waals surface area contributed by atoms with Crippen LogP contribution in [0.1, 0.15) is 51.5 Å². The van der Waals surface area contributed by atoms with Crippen LogP contribution in [0.2, 0.25) is 0 Å². The van der Waals surface area contributed by atoms with Gasteiger partial charge in [-0.2, -0.15) is 5.26 Å². The minimum absolute atomic E-state index is 0.359. The van der Waals surface area contributed by atoms with Crippen LogP contribution in [0.5, 0.6) is 0 Å². The Kier molecular flexibility index (Phi) is 3.94. The number of thioether (sulfide) groups is 1. The highest BCUT2D eigenvalue weighted by molar-refractivity contribution is 7.99. The van der Waals surface area contributed by atoms with E-state index in [0.717, 1.165) is 37.4 Å². The average molecular weight is 292 g/mol. The van der Waals surface area contributed by atoms with Gasteiger partial charge in [-0.15, -0.1) is 5.10 Å². The summed E-state index contributed by atoms with van der Waals surface area (Å²) >= 11 is 1.75. The van der Waals surface area contributed by atoms with Gasteiger partial charge < -0.3 is 0 Å². The van der Waals surface area contributed by atoms with Crippen LogP contribution in [0, 0.1) is 11.3 Å². The van der Waals surface area contributed by atoms with Crippen molar-refractivity contribution in [1.29, 1.82) is 5.26 Å². The Morgan fingerprint density at radius 1 is 1.50 bits per heavy atom. The number of rotatable bonds is 5. The molecule has 0 aliphatic heterocycles. The summed E-state index contributed by atoms with van der Waals surface area (Å²) in [4.78, 5) is 0. The first-order valence-corrected chi connectivity index (χ1v) is 8.25. The van der Waals surface area contributed by atoms with Crippen molar-refractivity contribution in [3.05, 3.63) is 0 Å². The number of hydrogen-bond acceptors (Lipinski definition) is 6. The van der Waals surface area contributed by atoms with Gasteiger partial charge >= 0.3 is 0 Å². The molecule has 7 heteroatoms. The van der Waals surface area contributed by atoms with Gasteiger partial charge in [-0.3, -0.25) is 5.32 Å². The van der Waals surface area contributed by atoms with E-state index < -0.39 is 0 Å². The number of nitrogens with one attached hydrogen (secondary N) is 1. The van der Waals surface area contributed by atoms with E-state index in [1.807, 2.05) is 4.68 Å². The lowest BCUT2D eigenvalue weighted by Gasteiger charge is -2.35. The highest BCUT2D eigenvalue weighted by atomic mass is 32.2. The molecule has 0 spiro atoms. The third-order valence-electron chi connectivity index (χ3n) is 4.06. The van der Waals surface area contributed by atoms with Gasteiger partial charge in [0.15, 0.2) is 0 Å². The molecule has 0 radical (unpaired) electrons. The summed E-state index contributed by atoms with van der Waals surface area (Å²) in [5, 5.41) is 26.3. The maximum absolute atomic E-state index is 9.50. The standard InChI is InChI=1S/C13H20N6S/c1-2-15-13(9-14)7-3-4-11(8-13)20-12-16-17-18-19(12)10-5-6-10/h10-11,15H,2-8H2,1H3. The molecule has 1 N–H and O–H groups in total. The zero-order chi connectivity index (χ0) is 14.0. The monoisotopic (exact) mass is 292 g/mol. The molecule has 0 aromatic carbocycles. The highest BCUT2D eigenvalue weighted by Gasteiger charge is 2.37. The van der Waals surface area contributed by atoms with Gasteiger partial charge in [0, 0.05) is 5.25 Å². The summed E-state index contributed by atoms with van der Waals surface area (Å²) in [6.45, 7) is 2.90. The summed E-state index contributed by atoms with van der Waals surface area (Å²) in [7, 11) is 0. The lowest BCUT2D eigenvalue weighted by Crippen LogP contribution is -2.48. The second kappa shape index (κ2) is 5.70. The lowest BCUT2D eigenvalue weighted by molar-refractivity contribution is 0.309. The Morgan fingerprint density at radius 2 is 2.35 bits per heavy atom. The van der Waals surface area contributed by atoms with E-state index in [-0.39, 0.29) is 5.54 Å². The van der Waals surface area contributed by atoms with Crippen LogP contribution in [-0.4, -0.2) is 37.5 Å². The van der Waals surface area contributed by atoms with Crippen molar-refractivity contribution in [2.45, 2.75) is 67.4 Å². The van der Waals surface area contributed by atoms with Crippen molar-refractivity contribution in [2.24, 2.45) is 0 Å². The smallest absolute Gasteiger partial charge is 0.209 e. The predicted octanol–water partition coefficient (Wildman–Crippen LogP) is 1.91. The summed E-state index contributed by atoms with van der Waals surface area (Å²) in [5.41, 5.74) is -0.359. The molecule has 2 unspecified atom stereocenters. The molecule has 0 saturated heterocycles. The Hall–Kier alpha value is -1.13. The Bertz CT molecular complexity index is 501. The van der Waals surface area contributed by atoms with Crippen LogP contribution in [0.3, 0.4) is 0 Å². The summed E-state index contributed by atoms with van der Waals surface area (Å²) < 4.78 is 1.96. The first-order chi connectivity index (χ1) is 9.76. The largest absolute Gasteiger partial charge is 0.300 e. The van der Waals surface area contributed by atoms with Crippen molar-refractivity contribution in [1.82, 2.24) is 25.5 Å². The topological polar surface area (TPSA) is 79.4 Å². The van der Waals surface area contributed by atoms with Gasteiger partial charge in [-0.25, -0.2) is 4.68 Å². The van der Waals surface area contributed by atoms with Crippen molar-refractivity contribution in [2.75, 3.05) is 6.54 Å². The fourth-order valence-corrected chi connectivity index (χ4v) is 4.25. The van der Waals surface area contributed by atoms with Crippen LogP contribution in [0.25, 0.3) is 0 Å². The van der Waals surface area contributed by atoms with Crippen LogP contribution in [0.4, 0.5) is 0 Å². The van der Waals surface area contributed by atoms with Crippen molar-refractivity contribution in [3.8, 4) is 6.07 Å². The molecule has 0 bridgehead atoms. The molecule has 6 nitrogen and oxygen atoms in total. The van der Waals surface area contributed by atoms with Gasteiger partial charge in [0.25, 0.3) is 0 Å². The molecule has 2 saturated carbocycles. The molecule has 1 aromatic heterocycles. The molecule has 20 heavy (non-hydrogen) atoms. The second-order valence-corrected chi connectivity index (χ2v) is 6.97.